The highest BCUT2D eigenvalue weighted by Crippen LogP contribution is 2.48. The zero-order valence-corrected chi connectivity index (χ0v) is 9.42. The summed E-state index contributed by atoms with van der Waals surface area (Å²) in [4.78, 5) is 16.2. The summed E-state index contributed by atoms with van der Waals surface area (Å²) >= 11 is 0. The first kappa shape index (κ1) is 9.81. The van der Waals surface area contributed by atoms with Crippen molar-refractivity contribution in [3.63, 3.8) is 0 Å². The first-order chi connectivity index (χ1) is 6.60. The summed E-state index contributed by atoms with van der Waals surface area (Å²) in [5.41, 5.74) is 0.261. The molecule has 1 aliphatic carbocycles. The minimum Gasteiger partial charge on any atom is -0.325 e. The molecule has 3 heteroatoms. The minimum absolute atomic E-state index is 0.256. The maximum atomic E-state index is 12.1. The number of rotatable bonds is 2. The Morgan fingerprint density at radius 1 is 1.36 bits per heavy atom. The predicted molar refractivity (Wildman–Crippen MR) is 56.2 cm³/mol. The Hall–Kier alpha value is -0.730. The SMILES string of the molecule is CCN1CCC2(CC2)N(C(C)C)C1=O. The van der Waals surface area contributed by atoms with E-state index in [0.29, 0.717) is 6.04 Å². The largest absolute Gasteiger partial charge is 0.325 e. The van der Waals surface area contributed by atoms with Gasteiger partial charge in [-0.3, -0.25) is 0 Å². The summed E-state index contributed by atoms with van der Waals surface area (Å²) in [5.74, 6) is 0. The van der Waals surface area contributed by atoms with Crippen LogP contribution in [0, 0.1) is 0 Å². The van der Waals surface area contributed by atoms with E-state index in [2.05, 4.69) is 25.7 Å². The van der Waals surface area contributed by atoms with Gasteiger partial charge in [0.25, 0.3) is 0 Å². The molecule has 1 heterocycles. The molecule has 80 valence electrons. The molecule has 1 aliphatic heterocycles. The average molecular weight is 196 g/mol. The number of nitrogens with zero attached hydrogens (tertiary/aromatic N) is 2. The van der Waals surface area contributed by atoms with E-state index in [1.54, 1.807) is 0 Å². The number of urea groups is 1. The fourth-order valence-corrected chi connectivity index (χ4v) is 2.61. The Bertz CT molecular complexity index is 246. The van der Waals surface area contributed by atoms with Crippen LogP contribution in [0.25, 0.3) is 0 Å². The van der Waals surface area contributed by atoms with Gasteiger partial charge in [-0.05, 0) is 40.0 Å². The van der Waals surface area contributed by atoms with Crippen molar-refractivity contribution in [3.8, 4) is 0 Å². The van der Waals surface area contributed by atoms with E-state index >= 15 is 0 Å². The lowest BCUT2D eigenvalue weighted by Crippen LogP contribution is -2.58. The number of hydrogen-bond acceptors (Lipinski definition) is 1. The Labute approximate surface area is 86.1 Å². The van der Waals surface area contributed by atoms with Crippen LogP contribution in [-0.4, -0.2) is 40.5 Å². The number of carbonyl (C=O) groups excluding carboxylic acids is 1. The molecule has 2 fully saturated rings. The molecule has 3 nitrogen and oxygen atoms in total. The molecule has 0 bridgehead atoms. The Morgan fingerprint density at radius 3 is 2.43 bits per heavy atom. The van der Waals surface area contributed by atoms with E-state index in [1.807, 2.05) is 4.90 Å². The molecule has 1 saturated heterocycles. The second kappa shape index (κ2) is 3.14. The number of amides is 2. The third kappa shape index (κ3) is 1.30. The fraction of sp³-hybridized carbons (Fsp3) is 0.909. The topological polar surface area (TPSA) is 23.6 Å². The first-order valence-electron chi connectivity index (χ1n) is 5.69. The molecule has 2 rings (SSSR count). The van der Waals surface area contributed by atoms with Crippen LogP contribution in [0.1, 0.15) is 40.0 Å². The van der Waals surface area contributed by atoms with Gasteiger partial charge in [0.2, 0.25) is 0 Å². The zero-order valence-electron chi connectivity index (χ0n) is 9.42. The molecule has 0 aromatic rings. The zero-order chi connectivity index (χ0) is 10.3. The van der Waals surface area contributed by atoms with E-state index in [9.17, 15) is 4.79 Å². The van der Waals surface area contributed by atoms with E-state index in [-0.39, 0.29) is 11.6 Å². The van der Waals surface area contributed by atoms with E-state index in [1.165, 1.54) is 19.3 Å². The lowest BCUT2D eigenvalue weighted by Gasteiger charge is -2.44. The summed E-state index contributed by atoms with van der Waals surface area (Å²) in [6, 6.07) is 0.602. The molecule has 1 spiro atoms. The van der Waals surface area contributed by atoms with Gasteiger partial charge in [-0.25, -0.2) is 4.79 Å². The van der Waals surface area contributed by atoms with Crippen LogP contribution >= 0.6 is 0 Å². The Kier molecular flexibility index (Phi) is 2.20. The maximum absolute atomic E-state index is 12.1. The fourth-order valence-electron chi connectivity index (χ4n) is 2.61. The summed E-state index contributed by atoms with van der Waals surface area (Å²) in [6.45, 7) is 8.10. The van der Waals surface area contributed by atoms with Crippen molar-refractivity contribution in [2.24, 2.45) is 0 Å². The van der Waals surface area contributed by atoms with Crippen LogP contribution in [0.15, 0.2) is 0 Å². The van der Waals surface area contributed by atoms with Gasteiger partial charge in [0.1, 0.15) is 0 Å². The molecule has 0 aromatic carbocycles. The van der Waals surface area contributed by atoms with Crippen LogP contribution in [0.4, 0.5) is 4.79 Å². The number of carbonyl (C=O) groups is 1. The van der Waals surface area contributed by atoms with Gasteiger partial charge in [-0.1, -0.05) is 0 Å². The van der Waals surface area contributed by atoms with E-state index in [4.69, 9.17) is 0 Å². The summed E-state index contributed by atoms with van der Waals surface area (Å²) in [5, 5.41) is 0. The molecule has 2 amide bonds. The van der Waals surface area contributed by atoms with Crippen molar-refractivity contribution in [3.05, 3.63) is 0 Å². The molecule has 2 aliphatic rings. The monoisotopic (exact) mass is 196 g/mol. The molecule has 0 radical (unpaired) electrons. The van der Waals surface area contributed by atoms with E-state index in [0.717, 1.165) is 13.1 Å². The summed E-state index contributed by atoms with van der Waals surface area (Å²) < 4.78 is 0. The van der Waals surface area contributed by atoms with E-state index < -0.39 is 0 Å². The standard InChI is InChI=1S/C11H20N2O/c1-4-12-8-7-11(5-6-11)13(9(2)3)10(12)14/h9H,4-8H2,1-3H3. The molecule has 0 unspecified atom stereocenters. The third-order valence-corrected chi connectivity index (χ3v) is 3.56. The highest BCUT2D eigenvalue weighted by Gasteiger charge is 2.54. The maximum Gasteiger partial charge on any atom is 0.320 e. The molecule has 14 heavy (non-hydrogen) atoms. The lowest BCUT2D eigenvalue weighted by molar-refractivity contribution is 0.0729. The van der Waals surface area contributed by atoms with Crippen molar-refractivity contribution < 1.29 is 4.79 Å². The molecule has 0 N–H and O–H groups in total. The Balaban J connectivity index is 2.18. The normalized spacial score (nSPS) is 25.0. The van der Waals surface area contributed by atoms with Gasteiger partial charge in [0, 0.05) is 24.7 Å². The minimum atomic E-state index is 0.256. The van der Waals surface area contributed by atoms with Gasteiger partial charge in [0.05, 0.1) is 0 Å². The van der Waals surface area contributed by atoms with Crippen molar-refractivity contribution in [2.45, 2.75) is 51.6 Å². The quantitative estimate of drug-likeness (QED) is 0.663. The highest BCUT2D eigenvalue weighted by molar-refractivity contribution is 5.77. The third-order valence-electron chi connectivity index (χ3n) is 3.56. The molecular formula is C11H20N2O. The van der Waals surface area contributed by atoms with Gasteiger partial charge >= 0.3 is 6.03 Å². The molecule has 0 atom stereocenters. The van der Waals surface area contributed by atoms with Crippen LogP contribution in [0.2, 0.25) is 0 Å². The first-order valence-corrected chi connectivity index (χ1v) is 5.69. The van der Waals surface area contributed by atoms with Crippen molar-refractivity contribution in [1.29, 1.82) is 0 Å². The van der Waals surface area contributed by atoms with Crippen LogP contribution in [-0.2, 0) is 0 Å². The smallest absolute Gasteiger partial charge is 0.320 e. The lowest BCUT2D eigenvalue weighted by atomic mass is 10.1. The predicted octanol–water partition coefficient (Wildman–Crippen LogP) is 2.08. The van der Waals surface area contributed by atoms with Crippen molar-refractivity contribution in [1.82, 2.24) is 9.80 Å². The molecular weight excluding hydrogens is 176 g/mol. The van der Waals surface area contributed by atoms with Crippen molar-refractivity contribution in [2.75, 3.05) is 13.1 Å². The van der Waals surface area contributed by atoms with Gasteiger partial charge < -0.3 is 9.80 Å². The van der Waals surface area contributed by atoms with Gasteiger partial charge in [0.15, 0.2) is 0 Å². The number of hydrogen-bond donors (Lipinski definition) is 0. The van der Waals surface area contributed by atoms with Gasteiger partial charge in [-0.15, -0.1) is 0 Å². The van der Waals surface area contributed by atoms with Crippen LogP contribution in [0.3, 0.4) is 0 Å². The van der Waals surface area contributed by atoms with Crippen molar-refractivity contribution >= 4 is 6.03 Å². The second-order valence-electron chi connectivity index (χ2n) is 4.80. The average Bonchev–Trinajstić information content (AvgIpc) is 2.85. The molecule has 1 saturated carbocycles. The van der Waals surface area contributed by atoms with Gasteiger partial charge in [-0.2, -0.15) is 0 Å². The second-order valence-corrected chi connectivity index (χ2v) is 4.80. The summed E-state index contributed by atoms with van der Waals surface area (Å²) in [7, 11) is 0. The van der Waals surface area contributed by atoms with Crippen LogP contribution in [0.5, 0.6) is 0 Å². The highest BCUT2D eigenvalue weighted by atomic mass is 16.2. The summed E-state index contributed by atoms with van der Waals surface area (Å²) in [6.07, 6.45) is 3.60. The van der Waals surface area contributed by atoms with Crippen LogP contribution < -0.4 is 0 Å². The Morgan fingerprint density at radius 2 is 2.00 bits per heavy atom. The molecule has 0 aromatic heterocycles.